The molecule has 0 bridgehead atoms. The third kappa shape index (κ3) is 17.8. The highest BCUT2D eigenvalue weighted by molar-refractivity contribution is 5.90. The lowest BCUT2D eigenvalue weighted by molar-refractivity contribution is -0.178. The summed E-state index contributed by atoms with van der Waals surface area (Å²) in [6.07, 6.45) is 3.23. The second-order valence-corrected chi connectivity index (χ2v) is 6.93. The second kappa shape index (κ2) is 18.1. The molecule has 0 aromatic heterocycles. The molecule has 8 nitrogen and oxygen atoms in total. The molecular weight excluding hydrogens is 380 g/mol. The van der Waals surface area contributed by atoms with Gasteiger partial charge in [0.25, 0.3) is 0 Å². The van der Waals surface area contributed by atoms with E-state index in [1.54, 1.807) is 0 Å². The molecule has 170 valence electrons. The lowest BCUT2D eigenvalue weighted by atomic mass is 9.95. The minimum absolute atomic E-state index is 0.118. The topological polar surface area (TPSA) is 116 Å². The van der Waals surface area contributed by atoms with Crippen molar-refractivity contribution in [3.8, 4) is 0 Å². The van der Waals surface area contributed by atoms with Gasteiger partial charge in [0.2, 0.25) is 0 Å². The van der Waals surface area contributed by atoms with Crippen LogP contribution >= 0.6 is 0 Å². The van der Waals surface area contributed by atoms with Gasteiger partial charge in [0, 0.05) is 0 Å². The minimum Gasteiger partial charge on any atom is -0.466 e. The smallest absolute Gasteiger partial charge is 0.339 e. The predicted octanol–water partition coefficient (Wildman–Crippen LogP) is 3.12. The van der Waals surface area contributed by atoms with Crippen LogP contribution in [0.4, 0.5) is 0 Å². The maximum atomic E-state index is 12.2. The maximum absolute atomic E-state index is 12.2. The van der Waals surface area contributed by atoms with Gasteiger partial charge in [-0.15, -0.1) is 0 Å². The standard InChI is InChI=1S/C18H32O7.C3H6O/c1-4-7-10-23-15(19)13-18(22,17(21)25-12-9-6-3)14-16(20)24-11-8-5-2;1-3(2)4/h22H,4-14H2,1-3H3;1-2H3. The molecule has 0 aliphatic heterocycles. The Balaban J connectivity index is 0. The van der Waals surface area contributed by atoms with Crippen molar-refractivity contribution in [2.24, 2.45) is 0 Å². The number of unbranched alkanes of at least 4 members (excludes halogenated alkanes) is 3. The van der Waals surface area contributed by atoms with E-state index in [-0.39, 0.29) is 25.6 Å². The van der Waals surface area contributed by atoms with Crippen molar-refractivity contribution in [2.45, 2.75) is 91.6 Å². The summed E-state index contributed by atoms with van der Waals surface area (Å²) in [5.41, 5.74) is -2.26. The van der Waals surface area contributed by atoms with Crippen molar-refractivity contribution in [3.63, 3.8) is 0 Å². The first kappa shape index (κ1) is 29.2. The van der Waals surface area contributed by atoms with Crippen LogP contribution in [0.2, 0.25) is 0 Å². The van der Waals surface area contributed by atoms with Gasteiger partial charge in [-0.05, 0) is 33.1 Å². The number of esters is 3. The summed E-state index contributed by atoms with van der Waals surface area (Å²) in [6.45, 7) is 9.40. The molecule has 0 aromatic carbocycles. The summed E-state index contributed by atoms with van der Waals surface area (Å²) in [7, 11) is 0. The van der Waals surface area contributed by atoms with Gasteiger partial charge in [0.1, 0.15) is 5.78 Å². The van der Waals surface area contributed by atoms with Crippen LogP contribution in [0.1, 0.15) is 86.0 Å². The summed E-state index contributed by atoms with van der Waals surface area (Å²) in [5.74, 6) is -2.32. The normalized spacial score (nSPS) is 10.4. The quantitative estimate of drug-likeness (QED) is 0.260. The van der Waals surface area contributed by atoms with E-state index >= 15 is 0 Å². The van der Waals surface area contributed by atoms with Gasteiger partial charge in [0.05, 0.1) is 32.7 Å². The van der Waals surface area contributed by atoms with E-state index in [9.17, 15) is 24.3 Å². The lowest BCUT2D eigenvalue weighted by Crippen LogP contribution is -2.45. The molecular formula is C21H38O8. The zero-order valence-electron chi connectivity index (χ0n) is 18.6. The monoisotopic (exact) mass is 418 g/mol. The van der Waals surface area contributed by atoms with Gasteiger partial charge in [0.15, 0.2) is 5.60 Å². The van der Waals surface area contributed by atoms with Crippen LogP contribution in [0.3, 0.4) is 0 Å². The Kier molecular flexibility index (Phi) is 18.2. The predicted molar refractivity (Wildman–Crippen MR) is 108 cm³/mol. The number of carbonyl (C=O) groups excluding carboxylic acids is 4. The SMILES string of the molecule is CC(C)=O.CCCCOC(=O)CC(O)(CC(=O)OCCCC)C(=O)OCCCC. The van der Waals surface area contributed by atoms with Gasteiger partial charge in [-0.25, -0.2) is 4.79 Å². The third-order valence-electron chi connectivity index (χ3n) is 3.51. The van der Waals surface area contributed by atoms with E-state index < -0.39 is 36.4 Å². The summed E-state index contributed by atoms with van der Waals surface area (Å²) in [5, 5.41) is 10.6. The average Bonchev–Trinajstić information content (AvgIpc) is 2.61. The Morgan fingerprint density at radius 2 is 1.00 bits per heavy atom. The summed E-state index contributed by atoms with van der Waals surface area (Å²) in [4.78, 5) is 45.4. The van der Waals surface area contributed by atoms with Gasteiger partial charge >= 0.3 is 17.9 Å². The van der Waals surface area contributed by atoms with Gasteiger partial charge in [-0.3, -0.25) is 9.59 Å². The Morgan fingerprint density at radius 3 is 1.31 bits per heavy atom. The summed E-state index contributed by atoms with van der Waals surface area (Å²) >= 11 is 0. The number of Topliss-reactive ketones (excluding diaryl/α,β-unsaturated/α-hetero) is 1. The van der Waals surface area contributed by atoms with Crippen LogP contribution < -0.4 is 0 Å². The fraction of sp³-hybridized carbons (Fsp3) is 0.810. The van der Waals surface area contributed by atoms with E-state index in [4.69, 9.17) is 14.2 Å². The lowest BCUT2D eigenvalue weighted by Gasteiger charge is -2.24. The number of hydrogen-bond donors (Lipinski definition) is 1. The van der Waals surface area contributed by atoms with Gasteiger partial charge in [-0.2, -0.15) is 0 Å². The van der Waals surface area contributed by atoms with E-state index in [1.165, 1.54) is 13.8 Å². The second-order valence-electron chi connectivity index (χ2n) is 6.93. The summed E-state index contributed by atoms with van der Waals surface area (Å²) < 4.78 is 14.9. The van der Waals surface area contributed by atoms with Crippen LogP contribution in [0, 0.1) is 0 Å². The molecule has 8 heteroatoms. The van der Waals surface area contributed by atoms with E-state index in [0.717, 1.165) is 19.3 Å². The van der Waals surface area contributed by atoms with Gasteiger partial charge < -0.3 is 24.1 Å². The third-order valence-corrected chi connectivity index (χ3v) is 3.51. The fourth-order valence-electron chi connectivity index (χ4n) is 1.89. The first-order chi connectivity index (χ1) is 13.6. The largest absolute Gasteiger partial charge is 0.466 e. The van der Waals surface area contributed by atoms with E-state index in [0.29, 0.717) is 19.3 Å². The highest BCUT2D eigenvalue weighted by Crippen LogP contribution is 2.20. The summed E-state index contributed by atoms with van der Waals surface area (Å²) in [6, 6.07) is 0. The minimum atomic E-state index is -2.26. The molecule has 1 N–H and O–H groups in total. The van der Waals surface area contributed by atoms with Crippen molar-refractivity contribution in [1.29, 1.82) is 0 Å². The molecule has 0 spiro atoms. The van der Waals surface area contributed by atoms with Crippen molar-refractivity contribution >= 4 is 23.7 Å². The number of carbonyl (C=O) groups is 4. The Morgan fingerprint density at radius 1 is 0.690 bits per heavy atom. The van der Waals surface area contributed by atoms with Crippen molar-refractivity contribution < 1.29 is 38.5 Å². The fourth-order valence-corrected chi connectivity index (χ4v) is 1.89. The zero-order chi connectivity index (χ0) is 22.7. The average molecular weight is 419 g/mol. The highest BCUT2D eigenvalue weighted by Gasteiger charge is 2.43. The van der Waals surface area contributed by atoms with Crippen LogP contribution in [-0.2, 0) is 33.4 Å². The van der Waals surface area contributed by atoms with Crippen LogP contribution in [0.5, 0.6) is 0 Å². The van der Waals surface area contributed by atoms with Crippen LogP contribution in [-0.4, -0.2) is 54.2 Å². The molecule has 0 saturated carbocycles. The first-order valence-electron chi connectivity index (χ1n) is 10.3. The van der Waals surface area contributed by atoms with Crippen molar-refractivity contribution in [1.82, 2.24) is 0 Å². The molecule has 0 amide bonds. The van der Waals surface area contributed by atoms with Crippen molar-refractivity contribution in [3.05, 3.63) is 0 Å². The zero-order valence-corrected chi connectivity index (χ0v) is 18.6. The number of ether oxygens (including phenoxy) is 3. The highest BCUT2D eigenvalue weighted by atomic mass is 16.6. The van der Waals surface area contributed by atoms with Crippen LogP contribution in [0.25, 0.3) is 0 Å². The molecule has 0 radical (unpaired) electrons. The Hall–Kier alpha value is -1.96. The Bertz CT molecular complexity index is 459. The number of hydrogen-bond acceptors (Lipinski definition) is 8. The number of rotatable bonds is 14. The molecule has 0 saturated heterocycles. The molecule has 0 aliphatic carbocycles. The molecule has 0 aliphatic rings. The Labute approximate surface area is 174 Å². The molecule has 0 atom stereocenters. The number of aliphatic hydroxyl groups is 1. The molecule has 29 heavy (non-hydrogen) atoms. The van der Waals surface area contributed by atoms with E-state index in [1.807, 2.05) is 20.8 Å². The van der Waals surface area contributed by atoms with Crippen molar-refractivity contribution in [2.75, 3.05) is 19.8 Å². The molecule has 0 aromatic rings. The first-order valence-corrected chi connectivity index (χ1v) is 10.3. The maximum Gasteiger partial charge on any atom is 0.339 e. The van der Waals surface area contributed by atoms with E-state index in [2.05, 4.69) is 0 Å². The molecule has 0 fully saturated rings. The molecule has 0 rings (SSSR count). The molecule has 0 heterocycles. The van der Waals surface area contributed by atoms with Gasteiger partial charge in [-0.1, -0.05) is 40.0 Å². The molecule has 0 unspecified atom stereocenters. The number of ketones is 1. The van der Waals surface area contributed by atoms with Crippen LogP contribution in [0.15, 0.2) is 0 Å².